The SMILES string of the molecule is COc1ccc(/C=C2\SC(=S)N(CCC(=O)N(Cc3ccc(Cl)cc3)C3CCS(=O)(=O)C3)C2=O)cc1. The topological polar surface area (TPSA) is 84.0 Å². The van der Waals surface area contributed by atoms with Crippen molar-refractivity contribution in [1.82, 2.24) is 9.80 Å². The van der Waals surface area contributed by atoms with Gasteiger partial charge in [0.2, 0.25) is 5.91 Å². The molecule has 36 heavy (non-hydrogen) atoms. The molecule has 0 radical (unpaired) electrons. The molecule has 2 aromatic carbocycles. The number of carbonyl (C=O) groups is 2. The normalized spacial score (nSPS) is 20.2. The zero-order chi connectivity index (χ0) is 25.9. The van der Waals surface area contributed by atoms with Gasteiger partial charge in [-0.1, -0.05) is 59.8 Å². The van der Waals surface area contributed by atoms with Gasteiger partial charge in [-0.2, -0.15) is 0 Å². The number of rotatable bonds is 8. The van der Waals surface area contributed by atoms with E-state index >= 15 is 0 Å². The van der Waals surface area contributed by atoms with Crippen LogP contribution in [-0.2, 0) is 26.0 Å². The van der Waals surface area contributed by atoms with E-state index in [0.717, 1.165) is 16.9 Å². The van der Waals surface area contributed by atoms with E-state index in [4.69, 9.17) is 28.6 Å². The molecule has 2 saturated heterocycles. The molecule has 0 bridgehead atoms. The highest BCUT2D eigenvalue weighted by atomic mass is 35.5. The Labute approximate surface area is 225 Å². The lowest BCUT2D eigenvalue weighted by Gasteiger charge is -2.29. The van der Waals surface area contributed by atoms with Crippen LogP contribution < -0.4 is 4.74 Å². The first-order valence-corrected chi connectivity index (χ1v) is 14.7. The van der Waals surface area contributed by atoms with Gasteiger partial charge in [0.1, 0.15) is 10.1 Å². The molecule has 0 aromatic heterocycles. The molecule has 2 heterocycles. The molecule has 0 N–H and O–H groups in total. The molecule has 2 aliphatic rings. The number of hydrogen-bond acceptors (Lipinski definition) is 7. The van der Waals surface area contributed by atoms with Gasteiger partial charge in [-0.05, 0) is 47.9 Å². The summed E-state index contributed by atoms with van der Waals surface area (Å²) in [5.74, 6) is 0.253. The molecule has 0 saturated carbocycles. The van der Waals surface area contributed by atoms with E-state index < -0.39 is 15.9 Å². The van der Waals surface area contributed by atoms with Crippen molar-refractivity contribution < 1.29 is 22.7 Å². The molecule has 2 aliphatic heterocycles. The first kappa shape index (κ1) is 26.7. The van der Waals surface area contributed by atoms with Gasteiger partial charge in [0, 0.05) is 30.6 Å². The van der Waals surface area contributed by atoms with Crippen molar-refractivity contribution in [2.45, 2.75) is 25.4 Å². The van der Waals surface area contributed by atoms with Gasteiger partial charge in [0.25, 0.3) is 5.91 Å². The molecule has 4 rings (SSSR count). The number of methoxy groups -OCH3 is 1. The van der Waals surface area contributed by atoms with E-state index in [9.17, 15) is 18.0 Å². The van der Waals surface area contributed by atoms with Crippen molar-refractivity contribution in [3.05, 3.63) is 69.6 Å². The summed E-state index contributed by atoms with van der Waals surface area (Å²) in [6, 6.07) is 14.0. The van der Waals surface area contributed by atoms with E-state index in [2.05, 4.69) is 0 Å². The molecule has 2 amide bonds. The summed E-state index contributed by atoms with van der Waals surface area (Å²) in [5, 5.41) is 0.581. The average Bonchev–Trinajstić information content (AvgIpc) is 3.34. The fourth-order valence-corrected chi connectivity index (χ4v) is 7.29. The summed E-state index contributed by atoms with van der Waals surface area (Å²) in [5.41, 5.74) is 1.69. The third-order valence-corrected chi connectivity index (χ3v) is 9.45. The van der Waals surface area contributed by atoms with Crippen molar-refractivity contribution in [3.63, 3.8) is 0 Å². The molecule has 1 atom stereocenters. The van der Waals surface area contributed by atoms with Crippen LogP contribution in [0.4, 0.5) is 0 Å². The smallest absolute Gasteiger partial charge is 0.266 e. The Morgan fingerprint density at radius 1 is 1.22 bits per heavy atom. The standard InChI is InChI=1S/C25H25ClN2O5S3/c1-33-21-8-4-17(5-9-21)14-22-24(30)27(25(34)35-22)12-10-23(29)28(20-11-13-36(31,32)16-20)15-18-2-6-19(26)7-3-18/h2-9,14,20H,10-13,15-16H2,1H3/b22-14-. The first-order valence-electron chi connectivity index (χ1n) is 11.3. The van der Waals surface area contributed by atoms with Crippen LogP contribution >= 0.6 is 35.6 Å². The number of halogens is 1. The van der Waals surface area contributed by atoms with Crippen molar-refractivity contribution in [1.29, 1.82) is 0 Å². The summed E-state index contributed by atoms with van der Waals surface area (Å²) in [6.45, 7) is 0.395. The minimum atomic E-state index is -3.18. The molecule has 0 aliphatic carbocycles. The number of carbonyl (C=O) groups excluding carboxylic acids is 2. The number of ether oxygens (including phenoxy) is 1. The monoisotopic (exact) mass is 564 g/mol. The van der Waals surface area contributed by atoms with Crippen LogP contribution in [0.5, 0.6) is 5.75 Å². The third kappa shape index (κ3) is 6.47. The van der Waals surface area contributed by atoms with Crippen LogP contribution in [0.3, 0.4) is 0 Å². The number of amides is 2. The van der Waals surface area contributed by atoms with Crippen LogP contribution in [0, 0.1) is 0 Å². The van der Waals surface area contributed by atoms with Crippen LogP contribution in [0.15, 0.2) is 53.4 Å². The van der Waals surface area contributed by atoms with Crippen LogP contribution in [0.2, 0.25) is 5.02 Å². The fourth-order valence-electron chi connectivity index (χ4n) is 4.12. The molecule has 0 spiro atoms. The third-order valence-electron chi connectivity index (χ3n) is 6.07. The lowest BCUT2D eigenvalue weighted by atomic mass is 10.1. The van der Waals surface area contributed by atoms with Gasteiger partial charge >= 0.3 is 0 Å². The molecule has 1 unspecified atom stereocenters. The summed E-state index contributed by atoms with van der Waals surface area (Å²) >= 11 is 12.6. The Hall–Kier alpha value is -2.40. The highest BCUT2D eigenvalue weighted by Crippen LogP contribution is 2.33. The second kappa shape index (κ2) is 11.3. The number of nitrogens with zero attached hydrogens (tertiary/aromatic N) is 2. The number of sulfone groups is 1. The molecule has 11 heteroatoms. The lowest BCUT2D eigenvalue weighted by molar-refractivity contribution is -0.134. The Balaban J connectivity index is 1.44. The van der Waals surface area contributed by atoms with Crippen molar-refractivity contribution in [3.8, 4) is 5.75 Å². The van der Waals surface area contributed by atoms with E-state index in [-0.39, 0.29) is 42.8 Å². The molecule has 2 fully saturated rings. The van der Waals surface area contributed by atoms with E-state index in [1.807, 2.05) is 36.4 Å². The summed E-state index contributed by atoms with van der Waals surface area (Å²) < 4.78 is 29.7. The Morgan fingerprint density at radius 3 is 2.53 bits per heavy atom. The van der Waals surface area contributed by atoms with Gasteiger partial charge < -0.3 is 9.64 Å². The number of thiocarbonyl (C=S) groups is 1. The second-order valence-corrected chi connectivity index (χ2v) is 12.9. The summed E-state index contributed by atoms with van der Waals surface area (Å²) in [4.78, 5) is 29.8. The zero-order valence-electron chi connectivity index (χ0n) is 19.6. The Morgan fingerprint density at radius 2 is 1.92 bits per heavy atom. The molecule has 190 valence electrons. The maximum Gasteiger partial charge on any atom is 0.266 e. The van der Waals surface area contributed by atoms with Crippen molar-refractivity contribution >= 4 is 67.6 Å². The molecular weight excluding hydrogens is 540 g/mol. The highest BCUT2D eigenvalue weighted by molar-refractivity contribution is 8.26. The predicted octanol–water partition coefficient (Wildman–Crippen LogP) is 4.16. The van der Waals surface area contributed by atoms with E-state index in [1.54, 1.807) is 30.2 Å². The molecule has 7 nitrogen and oxygen atoms in total. The van der Waals surface area contributed by atoms with Gasteiger partial charge in [0.15, 0.2) is 9.84 Å². The van der Waals surface area contributed by atoms with Gasteiger partial charge in [0.05, 0.1) is 23.5 Å². The number of benzene rings is 2. The van der Waals surface area contributed by atoms with Crippen LogP contribution in [0.1, 0.15) is 24.0 Å². The largest absolute Gasteiger partial charge is 0.497 e. The van der Waals surface area contributed by atoms with Gasteiger partial charge in [-0.25, -0.2) is 8.42 Å². The summed E-state index contributed by atoms with van der Waals surface area (Å²) in [6.07, 6.45) is 2.19. The molecule has 2 aromatic rings. The fraction of sp³-hybridized carbons (Fsp3) is 0.320. The van der Waals surface area contributed by atoms with Crippen molar-refractivity contribution in [2.24, 2.45) is 0 Å². The number of thioether (sulfide) groups is 1. The average molecular weight is 565 g/mol. The van der Waals surface area contributed by atoms with E-state index in [1.165, 1.54) is 16.7 Å². The highest BCUT2D eigenvalue weighted by Gasteiger charge is 2.36. The minimum Gasteiger partial charge on any atom is -0.497 e. The van der Waals surface area contributed by atoms with E-state index in [0.29, 0.717) is 20.7 Å². The first-order chi connectivity index (χ1) is 17.1. The van der Waals surface area contributed by atoms with Crippen LogP contribution in [-0.4, -0.2) is 65.6 Å². The zero-order valence-corrected chi connectivity index (χ0v) is 22.8. The van der Waals surface area contributed by atoms with Gasteiger partial charge in [-0.3, -0.25) is 14.5 Å². The maximum atomic E-state index is 13.3. The number of hydrogen-bond donors (Lipinski definition) is 0. The molecular formula is C25H25ClN2O5S3. The maximum absolute atomic E-state index is 13.3. The van der Waals surface area contributed by atoms with Crippen LogP contribution in [0.25, 0.3) is 6.08 Å². The Bertz CT molecular complexity index is 1290. The summed E-state index contributed by atoms with van der Waals surface area (Å²) in [7, 11) is -1.59. The minimum absolute atomic E-state index is 0.0341. The lowest BCUT2D eigenvalue weighted by Crippen LogP contribution is -2.42. The quantitative estimate of drug-likeness (QED) is 0.352. The second-order valence-electron chi connectivity index (χ2n) is 8.56. The van der Waals surface area contributed by atoms with Gasteiger partial charge in [-0.15, -0.1) is 0 Å². The predicted molar refractivity (Wildman–Crippen MR) is 147 cm³/mol. The van der Waals surface area contributed by atoms with Crippen molar-refractivity contribution in [2.75, 3.05) is 25.2 Å². The Kier molecular flexibility index (Phi) is 8.39.